The van der Waals surface area contributed by atoms with Gasteiger partial charge in [0, 0.05) is 15.9 Å². The number of carbonyl (C=O) groups excluding carboxylic acids is 1. The van der Waals surface area contributed by atoms with Gasteiger partial charge in [0.25, 0.3) is 0 Å². The third kappa shape index (κ3) is 3.03. The average molecular weight is 327 g/mol. The summed E-state index contributed by atoms with van der Waals surface area (Å²) < 4.78 is 5.71. The first kappa shape index (κ1) is 13.6. The monoisotopic (exact) mass is 325 g/mol. The van der Waals surface area contributed by atoms with Crippen LogP contribution in [0, 0.1) is 0 Å². The minimum absolute atomic E-state index is 0. The molecule has 2 rings (SSSR count). The first-order valence-electron chi connectivity index (χ1n) is 4.55. The van der Waals surface area contributed by atoms with Crippen molar-refractivity contribution in [1.29, 1.82) is 0 Å². The fraction of sp³-hybridized carbons (Fsp3) is 0.300. The molecular formula is C10H10BrCl2NO2. The van der Waals surface area contributed by atoms with Crippen molar-refractivity contribution in [3.63, 3.8) is 0 Å². The van der Waals surface area contributed by atoms with Gasteiger partial charge in [-0.3, -0.25) is 0 Å². The van der Waals surface area contributed by atoms with E-state index in [4.69, 9.17) is 16.3 Å². The molecule has 0 radical (unpaired) electrons. The SMILES string of the molecule is Cl.O=C1N[C@H](c2ccc(Cl)cc2Br)CCO1. The fourth-order valence-corrected chi connectivity index (χ4v) is 2.50. The molecule has 0 aliphatic carbocycles. The highest BCUT2D eigenvalue weighted by atomic mass is 79.9. The maximum Gasteiger partial charge on any atom is 0.407 e. The number of amides is 1. The molecular weight excluding hydrogens is 317 g/mol. The van der Waals surface area contributed by atoms with Gasteiger partial charge in [0.1, 0.15) is 0 Å². The summed E-state index contributed by atoms with van der Waals surface area (Å²) in [6.07, 6.45) is 0.402. The molecule has 1 amide bonds. The lowest BCUT2D eigenvalue weighted by molar-refractivity contribution is 0.115. The van der Waals surface area contributed by atoms with Gasteiger partial charge < -0.3 is 10.1 Å². The van der Waals surface area contributed by atoms with Crippen LogP contribution in [0.4, 0.5) is 4.79 Å². The van der Waals surface area contributed by atoms with Crippen molar-refractivity contribution in [1.82, 2.24) is 5.32 Å². The Morgan fingerprint density at radius 2 is 2.25 bits per heavy atom. The van der Waals surface area contributed by atoms with Gasteiger partial charge >= 0.3 is 6.09 Å². The fourth-order valence-electron chi connectivity index (χ4n) is 1.54. The van der Waals surface area contributed by atoms with E-state index in [9.17, 15) is 4.79 Å². The molecule has 1 saturated heterocycles. The highest BCUT2D eigenvalue weighted by Gasteiger charge is 2.22. The Balaban J connectivity index is 0.00000128. The van der Waals surface area contributed by atoms with Gasteiger partial charge in [0.05, 0.1) is 12.6 Å². The summed E-state index contributed by atoms with van der Waals surface area (Å²) in [5, 5.41) is 3.43. The van der Waals surface area contributed by atoms with Crippen LogP contribution < -0.4 is 5.32 Å². The zero-order valence-electron chi connectivity index (χ0n) is 8.20. The summed E-state index contributed by atoms with van der Waals surface area (Å²) in [4.78, 5) is 11.1. The van der Waals surface area contributed by atoms with Gasteiger partial charge in [-0.25, -0.2) is 4.79 Å². The number of rotatable bonds is 1. The second-order valence-corrected chi connectivity index (χ2v) is 4.58. The van der Waals surface area contributed by atoms with Crippen LogP contribution in [-0.2, 0) is 4.74 Å². The summed E-state index contributed by atoms with van der Waals surface area (Å²) in [6, 6.07) is 5.53. The number of carbonyl (C=O) groups is 1. The van der Waals surface area contributed by atoms with Crippen LogP contribution in [0.25, 0.3) is 0 Å². The average Bonchev–Trinajstić information content (AvgIpc) is 2.17. The molecule has 0 saturated carbocycles. The molecule has 1 atom stereocenters. The lowest BCUT2D eigenvalue weighted by Gasteiger charge is -2.24. The van der Waals surface area contributed by atoms with Crippen LogP contribution in [0.3, 0.4) is 0 Å². The maximum atomic E-state index is 11.1. The molecule has 0 aromatic heterocycles. The molecule has 3 nitrogen and oxygen atoms in total. The molecule has 1 aliphatic heterocycles. The topological polar surface area (TPSA) is 38.3 Å². The van der Waals surface area contributed by atoms with E-state index in [0.717, 1.165) is 16.5 Å². The van der Waals surface area contributed by atoms with Gasteiger partial charge in [-0.1, -0.05) is 33.6 Å². The van der Waals surface area contributed by atoms with E-state index < -0.39 is 0 Å². The minimum Gasteiger partial charge on any atom is -0.449 e. The van der Waals surface area contributed by atoms with Gasteiger partial charge in [-0.15, -0.1) is 12.4 Å². The minimum atomic E-state index is -0.367. The molecule has 0 bridgehead atoms. The third-order valence-corrected chi connectivity index (χ3v) is 3.19. The number of benzene rings is 1. The second-order valence-electron chi connectivity index (χ2n) is 3.29. The van der Waals surface area contributed by atoms with Crippen molar-refractivity contribution in [2.75, 3.05) is 6.61 Å². The standard InChI is InChI=1S/C10H9BrClNO2.ClH/c11-8-5-6(12)1-2-7(8)9-3-4-15-10(14)13-9;/h1-2,5,9H,3-4H2,(H,13,14);1H/t9-;/m0./s1. The maximum absolute atomic E-state index is 11.1. The summed E-state index contributed by atoms with van der Waals surface area (Å²) >= 11 is 9.27. The van der Waals surface area contributed by atoms with Crippen molar-refractivity contribution in [2.24, 2.45) is 0 Å². The van der Waals surface area contributed by atoms with Gasteiger partial charge in [-0.05, 0) is 17.7 Å². The quantitative estimate of drug-likeness (QED) is 0.854. The van der Waals surface area contributed by atoms with E-state index in [1.54, 1.807) is 0 Å². The summed E-state index contributed by atoms with van der Waals surface area (Å²) in [5.74, 6) is 0. The summed E-state index contributed by atoms with van der Waals surface area (Å²) in [6.45, 7) is 0.450. The van der Waals surface area contributed by atoms with Gasteiger partial charge in [0.15, 0.2) is 0 Å². The van der Waals surface area contributed by atoms with Crippen molar-refractivity contribution in [3.05, 3.63) is 33.3 Å². The molecule has 0 unspecified atom stereocenters. The van der Waals surface area contributed by atoms with E-state index in [-0.39, 0.29) is 24.5 Å². The Morgan fingerprint density at radius 3 is 2.88 bits per heavy atom. The smallest absolute Gasteiger partial charge is 0.407 e. The predicted molar refractivity (Wildman–Crippen MR) is 68.2 cm³/mol. The molecule has 1 aliphatic rings. The second kappa shape index (κ2) is 5.75. The van der Waals surface area contributed by atoms with Crippen molar-refractivity contribution >= 4 is 46.0 Å². The Kier molecular flexibility index (Phi) is 4.89. The summed E-state index contributed by atoms with van der Waals surface area (Å²) in [5.41, 5.74) is 1.02. The number of nitrogens with one attached hydrogen (secondary N) is 1. The first-order chi connectivity index (χ1) is 7.16. The molecule has 1 aromatic rings. The van der Waals surface area contributed by atoms with E-state index in [0.29, 0.717) is 11.6 Å². The van der Waals surface area contributed by atoms with Crippen LogP contribution in [0.2, 0.25) is 5.02 Å². The molecule has 1 fully saturated rings. The number of cyclic esters (lactones) is 1. The number of hydrogen-bond donors (Lipinski definition) is 1. The lowest BCUT2D eigenvalue weighted by atomic mass is 10.0. The Bertz CT molecular complexity index is 400. The Hall–Kier alpha value is -0.450. The van der Waals surface area contributed by atoms with Crippen LogP contribution in [0.1, 0.15) is 18.0 Å². The molecule has 88 valence electrons. The predicted octanol–water partition coefficient (Wildman–Crippen LogP) is 3.70. The molecule has 0 spiro atoms. The van der Waals surface area contributed by atoms with Crippen molar-refractivity contribution in [3.8, 4) is 0 Å². The number of hydrogen-bond acceptors (Lipinski definition) is 2. The number of ether oxygens (including phenoxy) is 1. The third-order valence-electron chi connectivity index (χ3n) is 2.27. The van der Waals surface area contributed by atoms with Crippen LogP contribution in [-0.4, -0.2) is 12.7 Å². The largest absolute Gasteiger partial charge is 0.449 e. The summed E-state index contributed by atoms with van der Waals surface area (Å²) in [7, 11) is 0. The molecule has 6 heteroatoms. The van der Waals surface area contributed by atoms with Crippen LogP contribution >= 0.6 is 39.9 Å². The number of alkyl carbamates (subject to hydrolysis) is 1. The van der Waals surface area contributed by atoms with Crippen LogP contribution in [0.5, 0.6) is 0 Å². The highest BCUT2D eigenvalue weighted by molar-refractivity contribution is 9.10. The number of halogens is 3. The van der Waals surface area contributed by atoms with Gasteiger partial charge in [0.2, 0.25) is 0 Å². The molecule has 1 N–H and O–H groups in total. The van der Waals surface area contributed by atoms with Gasteiger partial charge in [-0.2, -0.15) is 0 Å². The highest BCUT2D eigenvalue weighted by Crippen LogP contribution is 2.29. The Labute approximate surface area is 113 Å². The normalized spacial score (nSPS) is 19.4. The van der Waals surface area contributed by atoms with E-state index in [2.05, 4.69) is 21.2 Å². The Morgan fingerprint density at radius 1 is 1.50 bits per heavy atom. The zero-order valence-corrected chi connectivity index (χ0v) is 11.4. The lowest BCUT2D eigenvalue weighted by Crippen LogP contribution is -2.35. The molecule has 1 heterocycles. The first-order valence-corrected chi connectivity index (χ1v) is 5.72. The van der Waals surface area contributed by atoms with Crippen LogP contribution in [0.15, 0.2) is 22.7 Å². The van der Waals surface area contributed by atoms with Crippen molar-refractivity contribution in [2.45, 2.75) is 12.5 Å². The molecule has 16 heavy (non-hydrogen) atoms. The van der Waals surface area contributed by atoms with E-state index in [1.807, 2.05) is 18.2 Å². The zero-order chi connectivity index (χ0) is 10.8. The molecule has 1 aromatic carbocycles. The van der Waals surface area contributed by atoms with E-state index >= 15 is 0 Å². The van der Waals surface area contributed by atoms with E-state index in [1.165, 1.54) is 0 Å². The van der Waals surface area contributed by atoms with Crippen molar-refractivity contribution < 1.29 is 9.53 Å².